The summed E-state index contributed by atoms with van der Waals surface area (Å²) < 4.78 is 0. The van der Waals surface area contributed by atoms with Gasteiger partial charge >= 0.3 is 5.97 Å². The minimum Gasteiger partial charge on any atom is -0.480 e. The number of carboxylic acid groups (broad SMARTS) is 1. The first-order valence-corrected chi connectivity index (χ1v) is 3.43. The predicted octanol–water partition coefficient (Wildman–Crippen LogP) is 0.495. The largest absolute Gasteiger partial charge is 0.480 e. The molecular weight excluding hydrogens is 168 g/mol. The summed E-state index contributed by atoms with van der Waals surface area (Å²) in [5, 5.41) is 13.8. The van der Waals surface area contributed by atoms with Crippen LogP contribution in [-0.4, -0.2) is 34.3 Å². The summed E-state index contributed by atoms with van der Waals surface area (Å²) in [6.45, 7) is 0.392. The third-order valence-corrected chi connectivity index (χ3v) is 1.33. The molecular formula is C6H7ClN2O2. The molecule has 0 aliphatic carbocycles. The zero-order valence-electron chi connectivity index (χ0n) is 5.70. The molecule has 1 heterocycles. The average molecular weight is 175 g/mol. The van der Waals surface area contributed by atoms with E-state index >= 15 is 0 Å². The van der Waals surface area contributed by atoms with Gasteiger partial charge in [0.15, 0.2) is 0 Å². The molecule has 1 aliphatic heterocycles. The first kappa shape index (κ1) is 8.07. The second-order valence-corrected chi connectivity index (χ2v) is 2.45. The second-order valence-electron chi connectivity index (χ2n) is 2.07. The van der Waals surface area contributed by atoms with Crippen molar-refractivity contribution in [2.45, 2.75) is 0 Å². The highest BCUT2D eigenvalue weighted by molar-refractivity contribution is 6.68. The Morgan fingerprint density at radius 3 is 3.18 bits per heavy atom. The van der Waals surface area contributed by atoms with Crippen molar-refractivity contribution in [3.63, 3.8) is 0 Å². The Morgan fingerprint density at radius 1 is 1.91 bits per heavy atom. The Morgan fingerprint density at radius 2 is 2.64 bits per heavy atom. The molecule has 1 N–H and O–H groups in total. The van der Waals surface area contributed by atoms with Crippen molar-refractivity contribution in [3.05, 3.63) is 12.2 Å². The second kappa shape index (κ2) is 3.39. The van der Waals surface area contributed by atoms with E-state index in [9.17, 15) is 4.79 Å². The number of carbonyl (C=O) groups is 1. The molecule has 0 aromatic carbocycles. The Hall–Kier alpha value is -1.03. The molecule has 0 aromatic heterocycles. The monoisotopic (exact) mass is 174 g/mol. The summed E-state index contributed by atoms with van der Waals surface area (Å²) in [5.74, 6) is -0.909. The molecule has 1 aliphatic rings. The first-order chi connectivity index (χ1) is 5.18. The molecule has 0 fully saturated rings. The van der Waals surface area contributed by atoms with Crippen molar-refractivity contribution < 1.29 is 9.90 Å². The molecule has 0 saturated heterocycles. The van der Waals surface area contributed by atoms with Crippen molar-refractivity contribution >= 4 is 22.7 Å². The van der Waals surface area contributed by atoms with Gasteiger partial charge in [-0.15, -0.1) is 0 Å². The highest BCUT2D eigenvalue weighted by atomic mass is 35.5. The first-order valence-electron chi connectivity index (χ1n) is 3.06. The highest BCUT2D eigenvalue weighted by Gasteiger charge is 2.08. The fourth-order valence-electron chi connectivity index (χ4n) is 0.737. The molecule has 0 radical (unpaired) electrons. The molecule has 0 unspecified atom stereocenters. The van der Waals surface area contributed by atoms with Gasteiger partial charge in [0, 0.05) is 0 Å². The van der Waals surface area contributed by atoms with Gasteiger partial charge in [0.25, 0.3) is 0 Å². The Balaban J connectivity index is 2.50. The Bertz CT molecular complexity index is 225. The molecule has 0 saturated carbocycles. The average Bonchev–Trinajstić information content (AvgIpc) is 1.85. The van der Waals surface area contributed by atoms with Crippen molar-refractivity contribution in [2.75, 3.05) is 13.1 Å². The van der Waals surface area contributed by atoms with Gasteiger partial charge in [-0.25, -0.2) is 0 Å². The number of carboxylic acids is 1. The molecule has 0 atom stereocenters. The van der Waals surface area contributed by atoms with E-state index in [1.54, 1.807) is 12.2 Å². The number of halogens is 1. The molecule has 0 aromatic rings. The zero-order chi connectivity index (χ0) is 8.27. The Labute approximate surface area is 68.8 Å². The molecule has 60 valence electrons. The molecule has 0 bridgehead atoms. The third-order valence-electron chi connectivity index (χ3n) is 1.13. The molecule has 0 amide bonds. The summed E-state index contributed by atoms with van der Waals surface area (Å²) >= 11 is 5.52. The highest BCUT2D eigenvalue weighted by Crippen LogP contribution is 2.01. The van der Waals surface area contributed by atoms with Gasteiger partial charge < -0.3 is 5.11 Å². The number of nitrogens with zero attached hydrogens (tertiary/aromatic N) is 2. The van der Waals surface area contributed by atoms with Gasteiger partial charge in [0.1, 0.15) is 11.7 Å². The number of hydrogen-bond donors (Lipinski definition) is 1. The SMILES string of the molecule is O=C(O)CN1CC=CC(Cl)=N1. The molecule has 5 heteroatoms. The minimum absolute atomic E-state index is 0.111. The maximum atomic E-state index is 10.2. The van der Waals surface area contributed by atoms with E-state index in [2.05, 4.69) is 5.10 Å². The molecule has 0 spiro atoms. The predicted molar refractivity (Wildman–Crippen MR) is 41.6 cm³/mol. The van der Waals surface area contributed by atoms with Crippen molar-refractivity contribution in [3.8, 4) is 0 Å². The lowest BCUT2D eigenvalue weighted by atomic mass is 10.4. The molecule has 11 heavy (non-hydrogen) atoms. The van der Waals surface area contributed by atoms with Crippen LogP contribution in [0.1, 0.15) is 0 Å². The van der Waals surface area contributed by atoms with Gasteiger partial charge in [-0.1, -0.05) is 17.7 Å². The maximum Gasteiger partial charge on any atom is 0.324 e. The van der Waals surface area contributed by atoms with E-state index in [0.717, 1.165) is 0 Å². The van der Waals surface area contributed by atoms with Crippen LogP contribution in [-0.2, 0) is 4.79 Å². The van der Waals surface area contributed by atoms with Crippen molar-refractivity contribution in [1.29, 1.82) is 0 Å². The van der Waals surface area contributed by atoms with E-state index < -0.39 is 5.97 Å². The van der Waals surface area contributed by atoms with Crippen LogP contribution in [0, 0.1) is 0 Å². The quantitative estimate of drug-likeness (QED) is 0.663. The van der Waals surface area contributed by atoms with Crippen LogP contribution in [0.15, 0.2) is 17.3 Å². The summed E-state index contributed by atoms with van der Waals surface area (Å²) in [5.41, 5.74) is 0. The topological polar surface area (TPSA) is 52.9 Å². The fourth-order valence-corrected chi connectivity index (χ4v) is 0.933. The van der Waals surface area contributed by atoms with E-state index in [-0.39, 0.29) is 6.54 Å². The molecule has 4 nitrogen and oxygen atoms in total. The van der Waals surface area contributed by atoms with Gasteiger partial charge in [-0.05, 0) is 6.08 Å². The van der Waals surface area contributed by atoms with Gasteiger partial charge in [-0.3, -0.25) is 9.80 Å². The number of hydrazone groups is 1. The van der Waals surface area contributed by atoms with Crippen LogP contribution >= 0.6 is 11.6 Å². The number of aliphatic carboxylic acids is 1. The summed E-state index contributed by atoms with van der Waals surface area (Å²) in [6, 6.07) is 0. The van der Waals surface area contributed by atoms with Gasteiger partial charge in [0.05, 0.1) is 6.54 Å². The lowest BCUT2D eigenvalue weighted by Crippen LogP contribution is -2.27. The van der Waals surface area contributed by atoms with Crippen LogP contribution in [0.25, 0.3) is 0 Å². The van der Waals surface area contributed by atoms with E-state index in [1.165, 1.54) is 5.01 Å². The third kappa shape index (κ3) is 2.59. The van der Waals surface area contributed by atoms with Crippen LogP contribution in [0.3, 0.4) is 0 Å². The van der Waals surface area contributed by atoms with Gasteiger partial charge in [0.2, 0.25) is 0 Å². The van der Waals surface area contributed by atoms with Gasteiger partial charge in [-0.2, -0.15) is 5.10 Å². The van der Waals surface area contributed by atoms with E-state index in [4.69, 9.17) is 16.7 Å². The van der Waals surface area contributed by atoms with Crippen LogP contribution in [0.5, 0.6) is 0 Å². The summed E-state index contributed by atoms with van der Waals surface area (Å²) in [6.07, 6.45) is 3.40. The maximum absolute atomic E-state index is 10.2. The number of hydrogen-bond acceptors (Lipinski definition) is 3. The lowest BCUT2D eigenvalue weighted by molar-refractivity contribution is -0.138. The normalized spacial score (nSPS) is 16.5. The standard InChI is InChI=1S/C6H7ClN2O2/c7-5-2-1-3-9(8-5)4-6(10)11/h1-2H,3-4H2,(H,10,11). The number of rotatable bonds is 2. The fraction of sp³-hybridized carbons (Fsp3) is 0.333. The lowest BCUT2D eigenvalue weighted by Gasteiger charge is -2.16. The van der Waals surface area contributed by atoms with Crippen LogP contribution < -0.4 is 0 Å². The van der Waals surface area contributed by atoms with Crippen LogP contribution in [0.4, 0.5) is 0 Å². The Kier molecular flexibility index (Phi) is 2.48. The summed E-state index contributed by atoms with van der Waals surface area (Å²) in [4.78, 5) is 10.2. The minimum atomic E-state index is -0.909. The molecule has 1 rings (SSSR count). The number of allylic oxidation sites excluding steroid dienone is 1. The smallest absolute Gasteiger partial charge is 0.324 e. The summed E-state index contributed by atoms with van der Waals surface area (Å²) in [7, 11) is 0. The van der Waals surface area contributed by atoms with Crippen molar-refractivity contribution in [1.82, 2.24) is 5.01 Å². The zero-order valence-corrected chi connectivity index (χ0v) is 6.45. The van der Waals surface area contributed by atoms with Crippen molar-refractivity contribution in [2.24, 2.45) is 5.10 Å². The van der Waals surface area contributed by atoms with Crippen LogP contribution in [0.2, 0.25) is 0 Å². The van der Waals surface area contributed by atoms with E-state index in [0.29, 0.717) is 11.7 Å². The van der Waals surface area contributed by atoms with E-state index in [1.807, 2.05) is 0 Å².